The fourth-order valence-electron chi connectivity index (χ4n) is 3.84. The zero-order valence-corrected chi connectivity index (χ0v) is 21.3. The highest BCUT2D eigenvalue weighted by Crippen LogP contribution is 2.32. The van der Waals surface area contributed by atoms with Gasteiger partial charge in [0.2, 0.25) is 5.91 Å². The van der Waals surface area contributed by atoms with Crippen LogP contribution in [-0.2, 0) is 9.59 Å². The van der Waals surface area contributed by atoms with E-state index in [1.807, 2.05) is 79.7 Å². The summed E-state index contributed by atoms with van der Waals surface area (Å²) in [5, 5.41) is 2.96. The minimum Gasteiger partial charge on any atom is -0.326 e. The molecule has 178 valence electrons. The highest BCUT2D eigenvalue weighted by atomic mass is 32.2. The molecule has 1 aliphatic rings. The molecule has 3 aromatic rings. The molecule has 0 spiro atoms. The third-order valence-electron chi connectivity index (χ3n) is 5.81. The van der Waals surface area contributed by atoms with Crippen molar-refractivity contribution in [1.29, 1.82) is 0 Å². The molecule has 1 fully saturated rings. The van der Waals surface area contributed by atoms with Gasteiger partial charge in [-0.25, -0.2) is 0 Å². The van der Waals surface area contributed by atoms with Gasteiger partial charge in [-0.2, -0.15) is 0 Å². The number of nitrogens with zero attached hydrogens (tertiary/aromatic N) is 1. The molecule has 1 heterocycles. The van der Waals surface area contributed by atoms with E-state index in [4.69, 9.17) is 12.2 Å². The summed E-state index contributed by atoms with van der Waals surface area (Å²) in [4.78, 5) is 27.4. The maximum Gasteiger partial charge on any atom is 0.266 e. The fraction of sp³-hybridized carbons (Fsp3) is 0.207. The predicted molar refractivity (Wildman–Crippen MR) is 150 cm³/mol. The number of benzene rings is 3. The number of rotatable bonds is 9. The Labute approximate surface area is 216 Å². The van der Waals surface area contributed by atoms with Gasteiger partial charge < -0.3 is 5.32 Å². The number of carbonyl (C=O) groups is 2. The summed E-state index contributed by atoms with van der Waals surface area (Å²) in [5.74, 6) is -0.0265. The predicted octanol–water partition coefficient (Wildman–Crippen LogP) is 7.06. The summed E-state index contributed by atoms with van der Waals surface area (Å²) in [6, 6.07) is 26.1. The lowest BCUT2D eigenvalue weighted by Gasteiger charge is -2.14. The Balaban J connectivity index is 1.18. The molecular weight excluding hydrogens is 472 g/mol. The molecule has 0 aliphatic carbocycles. The zero-order valence-electron chi connectivity index (χ0n) is 19.7. The van der Waals surface area contributed by atoms with Gasteiger partial charge in [-0.1, -0.05) is 103 Å². The van der Waals surface area contributed by atoms with E-state index in [9.17, 15) is 9.59 Å². The molecule has 0 saturated carbocycles. The van der Waals surface area contributed by atoms with E-state index in [0.29, 0.717) is 22.2 Å². The number of amides is 2. The number of thiocarbonyl (C=S) groups is 1. The number of hydrogen-bond donors (Lipinski definition) is 1. The van der Waals surface area contributed by atoms with Crippen molar-refractivity contribution in [1.82, 2.24) is 4.90 Å². The molecule has 1 aliphatic heterocycles. The number of nitrogens with one attached hydrogen (secondary N) is 1. The van der Waals surface area contributed by atoms with Crippen LogP contribution in [0.4, 0.5) is 5.69 Å². The van der Waals surface area contributed by atoms with Crippen molar-refractivity contribution in [2.75, 3.05) is 11.9 Å². The van der Waals surface area contributed by atoms with Gasteiger partial charge in [0.05, 0.1) is 4.91 Å². The van der Waals surface area contributed by atoms with Crippen LogP contribution in [0.5, 0.6) is 0 Å². The number of unbranched alkanes of at least 4 members (excludes halogenated alkanes) is 2. The zero-order chi connectivity index (χ0) is 24.6. The van der Waals surface area contributed by atoms with Crippen LogP contribution in [-0.4, -0.2) is 27.6 Å². The summed E-state index contributed by atoms with van der Waals surface area (Å²) in [5.41, 5.74) is 5.25. The first-order valence-electron chi connectivity index (χ1n) is 11.8. The van der Waals surface area contributed by atoms with Crippen molar-refractivity contribution < 1.29 is 9.59 Å². The van der Waals surface area contributed by atoms with Gasteiger partial charge in [0, 0.05) is 18.7 Å². The highest BCUT2D eigenvalue weighted by Gasteiger charge is 2.31. The lowest BCUT2D eigenvalue weighted by molar-refractivity contribution is -0.122. The van der Waals surface area contributed by atoms with Gasteiger partial charge in [0.25, 0.3) is 5.91 Å². The van der Waals surface area contributed by atoms with Crippen LogP contribution >= 0.6 is 24.0 Å². The summed E-state index contributed by atoms with van der Waals surface area (Å²) in [6.07, 6.45) is 4.78. The minimum atomic E-state index is -0.0303. The Bertz CT molecular complexity index is 1220. The second-order valence-corrected chi connectivity index (χ2v) is 10.2. The van der Waals surface area contributed by atoms with E-state index in [2.05, 4.69) is 17.4 Å². The molecule has 0 radical (unpaired) electrons. The maximum absolute atomic E-state index is 12.8. The standard InChI is InChI=1S/C29H28N2O2S2/c1-21-11-13-22(14-12-21)20-26-28(33)31(29(34)35-26)19-7-3-6-10-27(32)30-25-17-15-24(16-18-25)23-8-4-2-5-9-23/h2,4-5,8-9,11-18,20H,3,6-7,10,19H2,1H3,(H,30,32)/b26-20-. The quantitative estimate of drug-likeness (QED) is 0.194. The third-order valence-corrected chi connectivity index (χ3v) is 7.19. The topological polar surface area (TPSA) is 49.4 Å². The van der Waals surface area contributed by atoms with Crippen molar-refractivity contribution in [2.45, 2.75) is 32.6 Å². The van der Waals surface area contributed by atoms with Crippen molar-refractivity contribution in [3.8, 4) is 11.1 Å². The molecule has 0 atom stereocenters. The number of thioether (sulfide) groups is 1. The van der Waals surface area contributed by atoms with Gasteiger partial charge in [-0.3, -0.25) is 14.5 Å². The number of carbonyl (C=O) groups excluding carboxylic acids is 2. The van der Waals surface area contributed by atoms with E-state index in [1.54, 1.807) is 4.90 Å². The molecule has 35 heavy (non-hydrogen) atoms. The third kappa shape index (κ3) is 6.90. The Morgan fingerprint density at radius 3 is 2.31 bits per heavy atom. The van der Waals surface area contributed by atoms with Crippen LogP contribution < -0.4 is 5.32 Å². The molecule has 3 aromatic carbocycles. The van der Waals surface area contributed by atoms with E-state index < -0.39 is 0 Å². The average molecular weight is 501 g/mol. The lowest BCUT2D eigenvalue weighted by Crippen LogP contribution is -2.29. The number of aryl methyl sites for hydroxylation is 1. The molecule has 6 heteroatoms. The largest absolute Gasteiger partial charge is 0.326 e. The van der Waals surface area contributed by atoms with E-state index in [0.717, 1.165) is 41.6 Å². The van der Waals surface area contributed by atoms with Crippen molar-refractivity contribution in [3.05, 3.63) is 94.9 Å². The first-order valence-corrected chi connectivity index (χ1v) is 13.0. The van der Waals surface area contributed by atoms with Crippen LogP contribution in [0, 0.1) is 6.92 Å². The van der Waals surface area contributed by atoms with Gasteiger partial charge in [0.1, 0.15) is 4.32 Å². The first-order chi connectivity index (χ1) is 17.0. The molecule has 0 aromatic heterocycles. The molecule has 1 saturated heterocycles. The molecule has 0 unspecified atom stereocenters. The Kier molecular flexibility index (Phi) is 8.50. The normalized spacial score (nSPS) is 14.5. The Hall–Kier alpha value is -3.22. The molecule has 4 rings (SSSR count). The number of hydrogen-bond acceptors (Lipinski definition) is 4. The summed E-state index contributed by atoms with van der Waals surface area (Å²) < 4.78 is 0.602. The monoisotopic (exact) mass is 500 g/mol. The second-order valence-electron chi connectivity index (χ2n) is 8.55. The van der Waals surface area contributed by atoms with Crippen molar-refractivity contribution in [3.63, 3.8) is 0 Å². The summed E-state index contributed by atoms with van der Waals surface area (Å²) in [6.45, 7) is 2.62. The Morgan fingerprint density at radius 2 is 1.60 bits per heavy atom. The van der Waals surface area contributed by atoms with Gasteiger partial charge in [-0.05, 0) is 54.7 Å². The maximum atomic E-state index is 12.8. The van der Waals surface area contributed by atoms with Crippen LogP contribution in [0.2, 0.25) is 0 Å². The van der Waals surface area contributed by atoms with Crippen LogP contribution in [0.15, 0.2) is 83.8 Å². The van der Waals surface area contributed by atoms with Gasteiger partial charge in [0.15, 0.2) is 0 Å². The van der Waals surface area contributed by atoms with E-state index in [-0.39, 0.29) is 11.8 Å². The fourth-order valence-corrected chi connectivity index (χ4v) is 5.15. The molecular formula is C29H28N2O2S2. The SMILES string of the molecule is Cc1ccc(/C=C2\SC(=S)N(CCCCCC(=O)Nc3ccc(-c4ccccc4)cc3)C2=O)cc1. The first kappa shape index (κ1) is 24.9. The highest BCUT2D eigenvalue weighted by molar-refractivity contribution is 8.26. The number of anilines is 1. The molecule has 4 nitrogen and oxygen atoms in total. The Morgan fingerprint density at radius 1 is 0.914 bits per heavy atom. The van der Waals surface area contributed by atoms with Crippen molar-refractivity contribution in [2.24, 2.45) is 0 Å². The molecule has 0 bridgehead atoms. The van der Waals surface area contributed by atoms with E-state index >= 15 is 0 Å². The average Bonchev–Trinajstić information content (AvgIpc) is 3.13. The summed E-state index contributed by atoms with van der Waals surface area (Å²) in [7, 11) is 0. The van der Waals surface area contributed by atoms with E-state index in [1.165, 1.54) is 17.3 Å². The second kappa shape index (κ2) is 12.0. The minimum absolute atomic E-state index is 0.00380. The van der Waals surface area contributed by atoms with Crippen LogP contribution in [0.3, 0.4) is 0 Å². The summed E-state index contributed by atoms with van der Waals surface area (Å²) >= 11 is 6.78. The van der Waals surface area contributed by atoms with Gasteiger partial charge in [-0.15, -0.1) is 0 Å². The van der Waals surface area contributed by atoms with Crippen LogP contribution in [0.1, 0.15) is 36.8 Å². The van der Waals surface area contributed by atoms with Crippen LogP contribution in [0.25, 0.3) is 17.2 Å². The van der Waals surface area contributed by atoms with Crippen molar-refractivity contribution >= 4 is 51.9 Å². The molecule has 1 N–H and O–H groups in total. The van der Waals surface area contributed by atoms with Gasteiger partial charge >= 0.3 is 0 Å². The molecule has 2 amide bonds. The lowest BCUT2D eigenvalue weighted by atomic mass is 10.1. The smallest absolute Gasteiger partial charge is 0.266 e.